The van der Waals surface area contributed by atoms with Crippen LogP contribution >= 0.6 is 38.5 Å². The van der Waals surface area contributed by atoms with Crippen molar-refractivity contribution < 1.29 is 4.79 Å². The number of carbonyl (C=O) groups excluding carboxylic acids is 1. The Morgan fingerprint density at radius 3 is 2.74 bits per heavy atom. The van der Waals surface area contributed by atoms with Gasteiger partial charge >= 0.3 is 0 Å². The van der Waals surface area contributed by atoms with E-state index in [9.17, 15) is 9.59 Å². The third-order valence-electron chi connectivity index (χ3n) is 2.48. The van der Waals surface area contributed by atoms with Crippen LogP contribution < -0.4 is 10.9 Å². The van der Waals surface area contributed by atoms with Crippen molar-refractivity contribution in [1.82, 2.24) is 4.98 Å². The molecule has 6 heteroatoms. The first-order valence-electron chi connectivity index (χ1n) is 5.43. The fourth-order valence-corrected chi connectivity index (χ4v) is 2.37. The Bertz CT molecular complexity index is 697. The number of hydrogen-bond donors (Lipinski definition) is 2. The number of pyridine rings is 1. The van der Waals surface area contributed by atoms with Crippen LogP contribution in [0.25, 0.3) is 0 Å². The molecule has 0 aliphatic heterocycles. The topological polar surface area (TPSA) is 62.0 Å². The molecule has 0 atom stereocenters. The summed E-state index contributed by atoms with van der Waals surface area (Å²) in [5.74, 6) is -0.427. The Labute approximate surface area is 131 Å². The second kappa shape index (κ2) is 5.87. The predicted molar refractivity (Wildman–Crippen MR) is 86.6 cm³/mol. The number of carbonyl (C=O) groups is 1. The highest BCUT2D eigenvalue weighted by atomic mass is 127. The molecule has 2 N–H and O–H groups in total. The molecule has 1 aromatic heterocycles. The molecule has 0 spiro atoms. The average molecular weight is 433 g/mol. The first-order chi connectivity index (χ1) is 8.97. The lowest BCUT2D eigenvalue weighted by atomic mass is 10.2. The number of aromatic amines is 1. The summed E-state index contributed by atoms with van der Waals surface area (Å²) in [7, 11) is 0. The molecule has 1 aromatic carbocycles. The standard InChI is InChI=1S/C13H10BrIN2O2/c1-7-2-4-9(12(18)16-7)13(19)17-11-6-8(15)3-5-10(11)14/h2-6H,1H3,(H,16,18)(H,17,19). The molecule has 0 aliphatic rings. The van der Waals surface area contributed by atoms with Gasteiger partial charge in [0, 0.05) is 13.7 Å². The number of H-pyrrole nitrogens is 1. The highest BCUT2D eigenvalue weighted by molar-refractivity contribution is 14.1. The number of rotatable bonds is 2. The van der Waals surface area contributed by atoms with Crippen molar-refractivity contribution in [2.75, 3.05) is 5.32 Å². The lowest BCUT2D eigenvalue weighted by Crippen LogP contribution is -2.23. The van der Waals surface area contributed by atoms with Crippen LogP contribution in [0.3, 0.4) is 0 Å². The predicted octanol–water partition coefficient (Wildman–Crippen LogP) is 3.30. The van der Waals surface area contributed by atoms with Gasteiger partial charge < -0.3 is 10.3 Å². The molecule has 0 aliphatic carbocycles. The Morgan fingerprint density at radius 2 is 2.05 bits per heavy atom. The molecule has 0 fully saturated rings. The number of amides is 1. The second-order valence-electron chi connectivity index (χ2n) is 3.96. The zero-order valence-electron chi connectivity index (χ0n) is 9.96. The minimum absolute atomic E-state index is 0.0939. The highest BCUT2D eigenvalue weighted by Gasteiger charge is 2.12. The maximum Gasteiger partial charge on any atom is 0.261 e. The molecule has 0 radical (unpaired) electrons. The highest BCUT2D eigenvalue weighted by Crippen LogP contribution is 2.24. The van der Waals surface area contributed by atoms with Gasteiger partial charge in [0.1, 0.15) is 5.56 Å². The monoisotopic (exact) mass is 432 g/mol. The number of anilines is 1. The summed E-state index contributed by atoms with van der Waals surface area (Å²) in [5.41, 5.74) is 1.06. The zero-order valence-corrected chi connectivity index (χ0v) is 13.7. The average Bonchev–Trinajstić information content (AvgIpc) is 2.33. The van der Waals surface area contributed by atoms with E-state index in [1.165, 1.54) is 6.07 Å². The summed E-state index contributed by atoms with van der Waals surface area (Å²) in [4.78, 5) is 26.4. The molecule has 1 amide bonds. The summed E-state index contributed by atoms with van der Waals surface area (Å²) in [6.07, 6.45) is 0. The number of nitrogens with one attached hydrogen (secondary N) is 2. The summed E-state index contributed by atoms with van der Waals surface area (Å²) < 4.78 is 1.76. The largest absolute Gasteiger partial charge is 0.326 e. The summed E-state index contributed by atoms with van der Waals surface area (Å²) in [6.45, 7) is 1.76. The van der Waals surface area contributed by atoms with Crippen molar-refractivity contribution in [1.29, 1.82) is 0 Å². The van der Waals surface area contributed by atoms with Crippen LogP contribution in [0.2, 0.25) is 0 Å². The van der Waals surface area contributed by atoms with Gasteiger partial charge in [-0.15, -0.1) is 0 Å². The van der Waals surface area contributed by atoms with Gasteiger partial charge in [-0.05, 0) is 75.8 Å². The van der Waals surface area contributed by atoms with Crippen LogP contribution in [0.4, 0.5) is 5.69 Å². The normalized spacial score (nSPS) is 10.3. The van der Waals surface area contributed by atoms with Gasteiger partial charge in [-0.2, -0.15) is 0 Å². The quantitative estimate of drug-likeness (QED) is 0.715. The molecule has 98 valence electrons. The third-order valence-corrected chi connectivity index (χ3v) is 3.84. The van der Waals surface area contributed by atoms with E-state index in [1.807, 2.05) is 18.2 Å². The molecule has 4 nitrogen and oxygen atoms in total. The fourth-order valence-electron chi connectivity index (χ4n) is 1.53. The lowest BCUT2D eigenvalue weighted by Gasteiger charge is -2.07. The molecule has 2 aromatic rings. The Hall–Kier alpha value is -1.15. The van der Waals surface area contributed by atoms with Gasteiger partial charge in [-0.1, -0.05) is 0 Å². The van der Waals surface area contributed by atoms with Gasteiger partial charge in [0.25, 0.3) is 11.5 Å². The van der Waals surface area contributed by atoms with Crippen molar-refractivity contribution >= 4 is 50.1 Å². The van der Waals surface area contributed by atoms with Crippen LogP contribution in [-0.2, 0) is 0 Å². The third kappa shape index (κ3) is 3.44. The van der Waals surface area contributed by atoms with Crippen molar-refractivity contribution in [3.05, 3.63) is 60.0 Å². The molecule has 0 saturated heterocycles. The van der Waals surface area contributed by atoms with E-state index in [4.69, 9.17) is 0 Å². The molecule has 1 heterocycles. The molecule has 0 unspecified atom stereocenters. The van der Waals surface area contributed by atoms with Crippen molar-refractivity contribution in [3.63, 3.8) is 0 Å². The second-order valence-corrected chi connectivity index (χ2v) is 6.06. The molecular weight excluding hydrogens is 423 g/mol. The first kappa shape index (κ1) is 14.3. The summed E-state index contributed by atoms with van der Waals surface area (Å²) in [6, 6.07) is 8.80. The van der Waals surface area contributed by atoms with Gasteiger partial charge in [-0.25, -0.2) is 0 Å². The molecule has 2 rings (SSSR count). The SMILES string of the molecule is Cc1ccc(C(=O)Nc2cc(I)ccc2Br)c(=O)[nH]1. The summed E-state index contributed by atoms with van der Waals surface area (Å²) in [5, 5.41) is 2.72. The minimum Gasteiger partial charge on any atom is -0.326 e. The van der Waals surface area contributed by atoms with Crippen molar-refractivity contribution in [3.8, 4) is 0 Å². The van der Waals surface area contributed by atoms with E-state index in [0.29, 0.717) is 5.69 Å². The van der Waals surface area contributed by atoms with Crippen LogP contribution in [0.15, 0.2) is 39.6 Å². The summed E-state index contributed by atoms with van der Waals surface area (Å²) >= 11 is 5.51. The van der Waals surface area contributed by atoms with E-state index >= 15 is 0 Å². The number of aryl methyl sites for hydroxylation is 1. The van der Waals surface area contributed by atoms with E-state index in [-0.39, 0.29) is 11.1 Å². The van der Waals surface area contributed by atoms with E-state index in [0.717, 1.165) is 13.7 Å². The van der Waals surface area contributed by atoms with Gasteiger partial charge in [0.05, 0.1) is 5.69 Å². The Morgan fingerprint density at radius 1 is 1.32 bits per heavy atom. The van der Waals surface area contributed by atoms with Crippen LogP contribution in [0.1, 0.15) is 16.1 Å². The minimum atomic E-state index is -0.427. The van der Waals surface area contributed by atoms with Gasteiger partial charge in [0.2, 0.25) is 0 Å². The van der Waals surface area contributed by atoms with Gasteiger partial charge in [-0.3, -0.25) is 9.59 Å². The van der Waals surface area contributed by atoms with Crippen molar-refractivity contribution in [2.45, 2.75) is 6.92 Å². The maximum absolute atomic E-state index is 12.1. The Balaban J connectivity index is 2.31. The number of halogens is 2. The van der Waals surface area contributed by atoms with E-state index in [2.05, 4.69) is 48.8 Å². The van der Waals surface area contributed by atoms with Gasteiger partial charge in [0.15, 0.2) is 0 Å². The molecule has 0 bridgehead atoms. The van der Waals surface area contributed by atoms with Crippen LogP contribution in [0.5, 0.6) is 0 Å². The maximum atomic E-state index is 12.1. The number of hydrogen-bond acceptors (Lipinski definition) is 2. The lowest BCUT2D eigenvalue weighted by molar-refractivity contribution is 0.102. The van der Waals surface area contributed by atoms with E-state index in [1.54, 1.807) is 13.0 Å². The molecule has 19 heavy (non-hydrogen) atoms. The molecule has 0 saturated carbocycles. The van der Waals surface area contributed by atoms with Crippen LogP contribution in [0, 0.1) is 10.5 Å². The van der Waals surface area contributed by atoms with Crippen LogP contribution in [-0.4, -0.2) is 10.9 Å². The first-order valence-corrected chi connectivity index (χ1v) is 7.31. The zero-order chi connectivity index (χ0) is 14.0. The molecular formula is C13H10BrIN2O2. The van der Waals surface area contributed by atoms with Crippen molar-refractivity contribution in [2.24, 2.45) is 0 Å². The smallest absolute Gasteiger partial charge is 0.261 e. The number of benzene rings is 1. The number of aromatic nitrogens is 1. The Kier molecular flexibility index (Phi) is 4.41. The van der Waals surface area contributed by atoms with E-state index < -0.39 is 5.91 Å². The fraction of sp³-hybridized carbons (Fsp3) is 0.0769.